The summed E-state index contributed by atoms with van der Waals surface area (Å²) in [5, 5.41) is 5.98. The van der Waals surface area contributed by atoms with Gasteiger partial charge in [-0.3, -0.25) is 19.2 Å². The minimum Gasteiger partial charge on any atom is -0.445 e. The predicted octanol–water partition coefficient (Wildman–Crippen LogP) is 3.99. The van der Waals surface area contributed by atoms with Gasteiger partial charge in [0.2, 0.25) is 11.8 Å². The third kappa shape index (κ3) is 18.4. The zero-order valence-electron chi connectivity index (χ0n) is 30.9. The molecule has 0 aromatic heterocycles. The summed E-state index contributed by atoms with van der Waals surface area (Å²) < 4.78 is 10.7. The van der Waals surface area contributed by atoms with Crippen LogP contribution in [0.4, 0.5) is 9.59 Å². The highest BCUT2D eigenvalue weighted by atomic mass is 16.6. The van der Waals surface area contributed by atoms with E-state index >= 15 is 0 Å². The van der Waals surface area contributed by atoms with Crippen molar-refractivity contribution in [1.29, 1.82) is 0 Å². The van der Waals surface area contributed by atoms with E-state index in [1.165, 1.54) is 9.80 Å². The summed E-state index contributed by atoms with van der Waals surface area (Å²) in [6, 6.07) is 6.40. The number of nitrogens with two attached hydrogens (primary N) is 1. The van der Waals surface area contributed by atoms with Crippen molar-refractivity contribution < 1.29 is 38.2 Å². The molecule has 0 saturated heterocycles. The van der Waals surface area contributed by atoms with Gasteiger partial charge < -0.3 is 35.6 Å². The van der Waals surface area contributed by atoms with Crippen molar-refractivity contribution in [3.8, 4) is 0 Å². The van der Waals surface area contributed by atoms with Gasteiger partial charge in [-0.05, 0) is 50.7 Å². The number of carbonyl (C=O) groups excluding carboxylic acids is 6. The molecule has 0 unspecified atom stereocenters. The Labute approximate surface area is 292 Å². The van der Waals surface area contributed by atoms with E-state index in [0.717, 1.165) is 5.56 Å². The van der Waals surface area contributed by atoms with Crippen LogP contribution in [0.3, 0.4) is 0 Å². The summed E-state index contributed by atoms with van der Waals surface area (Å²) in [4.78, 5) is 78.0. The molecular formula is C36H59N5O8. The smallest absolute Gasteiger partial charge is 0.410 e. The van der Waals surface area contributed by atoms with E-state index in [0.29, 0.717) is 24.8 Å². The lowest BCUT2D eigenvalue weighted by molar-refractivity contribution is -0.133. The first kappa shape index (κ1) is 43.0. The summed E-state index contributed by atoms with van der Waals surface area (Å²) in [7, 11) is 3.17. The second-order valence-corrected chi connectivity index (χ2v) is 14.2. The van der Waals surface area contributed by atoms with E-state index in [1.807, 2.05) is 27.7 Å². The van der Waals surface area contributed by atoms with Crippen LogP contribution in [0.15, 0.2) is 24.3 Å². The summed E-state index contributed by atoms with van der Waals surface area (Å²) >= 11 is 0. The number of nitrogens with zero attached hydrogens (tertiary/aromatic N) is 2. The molecule has 0 saturated carbocycles. The SMILES string of the molecule is CC(C)NCC(=O)C[C@H](C(=O)N[C@@H](CCCCC(N)=O)C(=O)Cc1ccc(COC(=O)N(C)CCN(C)C(=O)OC(C)(C)C)cc1)C(C)C. The Kier molecular flexibility index (Phi) is 18.6. The minimum atomic E-state index is -0.795. The molecule has 0 bridgehead atoms. The Balaban J connectivity index is 2.81. The molecule has 0 spiro atoms. The van der Waals surface area contributed by atoms with Crippen LogP contribution in [0.2, 0.25) is 0 Å². The number of Topliss-reactive ketones (excluding diaryl/α,β-unsaturated/α-hetero) is 2. The third-order valence-corrected chi connectivity index (χ3v) is 7.72. The fraction of sp³-hybridized carbons (Fsp3) is 0.667. The zero-order valence-corrected chi connectivity index (χ0v) is 30.9. The Bertz CT molecular complexity index is 1240. The fourth-order valence-electron chi connectivity index (χ4n) is 4.66. The molecule has 0 aliphatic rings. The molecule has 0 aliphatic heterocycles. The monoisotopic (exact) mass is 689 g/mol. The number of unbranched alkanes of at least 4 members (excludes halogenated alkanes) is 1. The van der Waals surface area contributed by atoms with E-state index < -0.39 is 35.7 Å². The summed E-state index contributed by atoms with van der Waals surface area (Å²) in [6.07, 6.45) is 0.613. The number of hydrogen-bond acceptors (Lipinski definition) is 9. The molecule has 13 nitrogen and oxygen atoms in total. The standard InChI is InChI=1S/C36H59N5O8/c1-24(2)29(21-28(42)22-38-25(3)4)33(45)39-30(12-10-11-13-32(37)44)31(43)20-26-14-16-27(17-15-26)23-48-34(46)40(8)18-19-41(9)35(47)49-36(5,6)7/h14-17,24-25,29-30,38H,10-13,18-23H2,1-9H3,(H2,37,44)(H,39,45)/t29-,30-/m0/s1. The predicted molar refractivity (Wildman–Crippen MR) is 188 cm³/mol. The summed E-state index contributed by atoms with van der Waals surface area (Å²) in [5.41, 5.74) is 6.09. The van der Waals surface area contributed by atoms with E-state index in [4.69, 9.17) is 15.2 Å². The number of carbonyl (C=O) groups is 6. The van der Waals surface area contributed by atoms with E-state index in [-0.39, 0.29) is 74.9 Å². The van der Waals surface area contributed by atoms with Crippen molar-refractivity contribution in [2.45, 2.75) is 111 Å². The number of ether oxygens (including phenoxy) is 2. The van der Waals surface area contributed by atoms with Crippen LogP contribution >= 0.6 is 0 Å². The van der Waals surface area contributed by atoms with Gasteiger partial charge in [0.15, 0.2) is 5.78 Å². The molecule has 2 atom stereocenters. The number of ketones is 2. The van der Waals surface area contributed by atoms with Gasteiger partial charge in [-0.25, -0.2) is 9.59 Å². The molecule has 0 fully saturated rings. The van der Waals surface area contributed by atoms with E-state index in [2.05, 4.69) is 10.6 Å². The van der Waals surface area contributed by atoms with Gasteiger partial charge in [0.25, 0.3) is 0 Å². The zero-order chi connectivity index (χ0) is 37.3. The van der Waals surface area contributed by atoms with Crippen LogP contribution in [-0.4, -0.2) is 96.8 Å². The highest BCUT2D eigenvalue weighted by molar-refractivity contribution is 5.93. The second-order valence-electron chi connectivity index (χ2n) is 14.2. The van der Waals surface area contributed by atoms with Crippen molar-refractivity contribution in [1.82, 2.24) is 20.4 Å². The highest BCUT2D eigenvalue weighted by Gasteiger charge is 2.29. The number of nitrogens with one attached hydrogen (secondary N) is 2. The maximum atomic E-state index is 13.5. The summed E-state index contributed by atoms with van der Waals surface area (Å²) in [6.45, 7) is 13.7. The number of benzene rings is 1. The Morgan fingerprint density at radius 1 is 0.857 bits per heavy atom. The Morgan fingerprint density at radius 2 is 1.43 bits per heavy atom. The van der Waals surface area contributed by atoms with Gasteiger partial charge in [-0.15, -0.1) is 0 Å². The molecule has 0 aliphatic carbocycles. The lowest BCUT2D eigenvalue weighted by atomic mass is 9.88. The number of amides is 4. The Hall–Kier alpha value is -4.00. The molecule has 1 rings (SSSR count). The number of hydrogen-bond donors (Lipinski definition) is 3. The highest BCUT2D eigenvalue weighted by Crippen LogP contribution is 2.18. The third-order valence-electron chi connectivity index (χ3n) is 7.72. The van der Waals surface area contributed by atoms with Crippen molar-refractivity contribution >= 4 is 35.6 Å². The van der Waals surface area contributed by atoms with Gasteiger partial charge in [-0.2, -0.15) is 0 Å². The normalized spacial score (nSPS) is 12.6. The lowest BCUT2D eigenvalue weighted by Crippen LogP contribution is -2.46. The van der Waals surface area contributed by atoms with Crippen molar-refractivity contribution in [2.24, 2.45) is 17.6 Å². The molecular weight excluding hydrogens is 630 g/mol. The molecule has 13 heteroatoms. The topological polar surface area (TPSA) is 177 Å². The van der Waals surface area contributed by atoms with Crippen LogP contribution < -0.4 is 16.4 Å². The van der Waals surface area contributed by atoms with Gasteiger partial charge >= 0.3 is 12.2 Å². The molecule has 0 heterocycles. The minimum absolute atomic E-state index is 0.0137. The maximum Gasteiger partial charge on any atom is 0.410 e. The maximum absolute atomic E-state index is 13.5. The molecule has 4 amide bonds. The fourth-order valence-corrected chi connectivity index (χ4v) is 4.66. The van der Waals surface area contributed by atoms with Gasteiger partial charge in [0.1, 0.15) is 18.0 Å². The quantitative estimate of drug-likeness (QED) is 0.161. The van der Waals surface area contributed by atoms with Crippen molar-refractivity contribution in [3.63, 3.8) is 0 Å². The Morgan fingerprint density at radius 3 is 1.96 bits per heavy atom. The second kappa shape index (κ2) is 21.2. The van der Waals surface area contributed by atoms with Crippen LogP contribution in [0.5, 0.6) is 0 Å². The molecule has 276 valence electrons. The molecule has 49 heavy (non-hydrogen) atoms. The van der Waals surface area contributed by atoms with E-state index in [1.54, 1.807) is 59.1 Å². The van der Waals surface area contributed by atoms with Crippen LogP contribution in [0.1, 0.15) is 91.7 Å². The first-order chi connectivity index (χ1) is 22.8. The molecule has 1 aromatic carbocycles. The first-order valence-corrected chi connectivity index (χ1v) is 17.0. The van der Waals surface area contributed by atoms with Gasteiger partial charge in [-0.1, -0.05) is 58.4 Å². The number of likely N-dealkylation sites (N-methyl/N-ethyl adjacent to an activating group) is 2. The van der Waals surface area contributed by atoms with E-state index in [9.17, 15) is 28.8 Å². The molecule has 1 aromatic rings. The van der Waals surface area contributed by atoms with Crippen LogP contribution in [-0.2, 0) is 41.7 Å². The summed E-state index contributed by atoms with van der Waals surface area (Å²) in [5.74, 6) is -1.75. The van der Waals surface area contributed by atoms with Crippen LogP contribution in [0, 0.1) is 11.8 Å². The van der Waals surface area contributed by atoms with Crippen molar-refractivity contribution in [2.75, 3.05) is 33.7 Å². The van der Waals surface area contributed by atoms with Crippen molar-refractivity contribution in [3.05, 3.63) is 35.4 Å². The van der Waals surface area contributed by atoms with Gasteiger partial charge in [0.05, 0.1) is 12.6 Å². The first-order valence-electron chi connectivity index (χ1n) is 17.0. The average Bonchev–Trinajstić information content (AvgIpc) is 3.00. The number of primary amides is 1. The molecule has 4 N–H and O–H groups in total. The number of rotatable bonds is 21. The van der Waals surface area contributed by atoms with Gasteiger partial charge in [0, 0.05) is 58.4 Å². The average molecular weight is 690 g/mol. The lowest BCUT2D eigenvalue weighted by Gasteiger charge is -2.26. The molecule has 0 radical (unpaired) electrons. The van der Waals surface area contributed by atoms with Crippen LogP contribution in [0.25, 0.3) is 0 Å². The largest absolute Gasteiger partial charge is 0.445 e.